The summed E-state index contributed by atoms with van der Waals surface area (Å²) in [6.45, 7) is 4.68. The molecule has 0 aromatic carbocycles. The minimum atomic E-state index is -2.78. The minimum absolute atomic E-state index is 0.0991. The Morgan fingerprint density at radius 2 is 2.17 bits per heavy atom. The predicted octanol–water partition coefficient (Wildman–Crippen LogP) is 0.870. The summed E-state index contributed by atoms with van der Waals surface area (Å²) in [5.74, 6) is 0.874. The molecule has 18 heavy (non-hydrogen) atoms. The van der Waals surface area contributed by atoms with Crippen LogP contribution in [0.5, 0.6) is 0 Å². The second-order valence-electron chi connectivity index (χ2n) is 4.93. The number of hydrogen-bond donors (Lipinski definition) is 1. The lowest BCUT2D eigenvalue weighted by molar-refractivity contribution is 0.468. The van der Waals surface area contributed by atoms with E-state index in [9.17, 15) is 8.42 Å². The summed E-state index contributed by atoms with van der Waals surface area (Å²) in [7, 11) is -2.78. The fraction of sp³-hybridized carbons (Fsp3) is 0.667. The van der Waals surface area contributed by atoms with Crippen molar-refractivity contribution in [1.29, 1.82) is 0 Å². The van der Waals surface area contributed by atoms with Crippen molar-refractivity contribution < 1.29 is 8.42 Å². The fourth-order valence-corrected chi connectivity index (χ4v) is 4.18. The lowest BCUT2D eigenvalue weighted by Crippen LogP contribution is -2.27. The molecule has 1 fully saturated rings. The molecule has 0 saturated carbocycles. The van der Waals surface area contributed by atoms with Crippen molar-refractivity contribution in [3.05, 3.63) is 23.8 Å². The van der Waals surface area contributed by atoms with Crippen LogP contribution in [0.25, 0.3) is 0 Å². The van der Waals surface area contributed by atoms with Crippen molar-refractivity contribution in [3.63, 3.8) is 0 Å². The van der Waals surface area contributed by atoms with Gasteiger partial charge in [0.2, 0.25) is 0 Å². The summed E-state index contributed by atoms with van der Waals surface area (Å²) in [5.41, 5.74) is 1.84. The van der Waals surface area contributed by atoms with Crippen LogP contribution in [0.1, 0.15) is 30.8 Å². The van der Waals surface area contributed by atoms with Crippen LogP contribution >= 0.6 is 0 Å². The number of rotatable bonds is 4. The number of hydrogen-bond acceptors (Lipinski definition) is 5. The van der Waals surface area contributed by atoms with E-state index in [0.29, 0.717) is 11.5 Å². The standard InChI is InChI=1S/C12H19N3O2S/c1-9-12(14-5-4-13-9)10(2)15-7-11-3-6-18(16,17)8-11/h4-5,10-11,15H,3,6-8H2,1-2H3. The highest BCUT2D eigenvalue weighted by Gasteiger charge is 2.27. The van der Waals surface area contributed by atoms with Crippen molar-refractivity contribution in [1.82, 2.24) is 15.3 Å². The van der Waals surface area contributed by atoms with E-state index in [-0.39, 0.29) is 12.0 Å². The maximum absolute atomic E-state index is 11.4. The molecule has 1 aliphatic heterocycles. The fourth-order valence-electron chi connectivity index (χ4n) is 2.32. The maximum atomic E-state index is 11.4. The Morgan fingerprint density at radius 1 is 1.44 bits per heavy atom. The van der Waals surface area contributed by atoms with Crippen molar-refractivity contribution in [2.75, 3.05) is 18.1 Å². The van der Waals surface area contributed by atoms with Crippen LogP contribution in [-0.4, -0.2) is 36.4 Å². The van der Waals surface area contributed by atoms with E-state index < -0.39 is 9.84 Å². The first-order valence-electron chi connectivity index (χ1n) is 6.19. The predicted molar refractivity (Wildman–Crippen MR) is 69.9 cm³/mol. The summed E-state index contributed by atoms with van der Waals surface area (Å²) in [4.78, 5) is 8.51. The van der Waals surface area contributed by atoms with Crippen molar-refractivity contribution in [3.8, 4) is 0 Å². The lowest BCUT2D eigenvalue weighted by atomic mass is 10.1. The van der Waals surface area contributed by atoms with Gasteiger partial charge in [0.15, 0.2) is 9.84 Å². The third-order valence-electron chi connectivity index (χ3n) is 3.37. The number of aryl methyl sites for hydroxylation is 1. The summed E-state index contributed by atoms with van der Waals surface area (Å²) < 4.78 is 22.7. The third kappa shape index (κ3) is 3.26. The van der Waals surface area contributed by atoms with Crippen LogP contribution in [0.3, 0.4) is 0 Å². The van der Waals surface area contributed by atoms with E-state index >= 15 is 0 Å². The highest BCUT2D eigenvalue weighted by molar-refractivity contribution is 7.91. The van der Waals surface area contributed by atoms with Gasteiger partial charge in [-0.25, -0.2) is 8.42 Å². The molecule has 0 radical (unpaired) electrons. The first-order chi connectivity index (χ1) is 8.48. The quantitative estimate of drug-likeness (QED) is 0.878. The van der Waals surface area contributed by atoms with Gasteiger partial charge in [0.05, 0.1) is 22.9 Å². The SMILES string of the molecule is Cc1nccnc1C(C)NCC1CCS(=O)(=O)C1. The average Bonchev–Trinajstić information content (AvgIpc) is 2.66. The van der Waals surface area contributed by atoms with Gasteiger partial charge in [-0.3, -0.25) is 9.97 Å². The molecule has 0 amide bonds. The summed E-state index contributed by atoms with van der Waals surface area (Å²) >= 11 is 0. The van der Waals surface area contributed by atoms with Gasteiger partial charge in [-0.05, 0) is 32.7 Å². The van der Waals surface area contributed by atoms with E-state index in [0.717, 1.165) is 24.4 Å². The average molecular weight is 269 g/mol. The van der Waals surface area contributed by atoms with Gasteiger partial charge < -0.3 is 5.32 Å². The molecule has 5 nitrogen and oxygen atoms in total. The van der Waals surface area contributed by atoms with E-state index in [1.807, 2.05) is 13.8 Å². The molecule has 1 N–H and O–H groups in total. The molecule has 2 rings (SSSR count). The molecule has 2 unspecified atom stereocenters. The zero-order chi connectivity index (χ0) is 13.2. The first kappa shape index (κ1) is 13.4. The molecule has 1 aliphatic rings. The zero-order valence-electron chi connectivity index (χ0n) is 10.8. The highest BCUT2D eigenvalue weighted by atomic mass is 32.2. The smallest absolute Gasteiger partial charge is 0.150 e. The molecule has 100 valence electrons. The van der Waals surface area contributed by atoms with Crippen molar-refractivity contribution >= 4 is 9.84 Å². The van der Waals surface area contributed by atoms with Gasteiger partial charge in [0.1, 0.15) is 0 Å². The normalized spacial score (nSPS) is 24.0. The van der Waals surface area contributed by atoms with Gasteiger partial charge in [-0.2, -0.15) is 0 Å². The van der Waals surface area contributed by atoms with Crippen LogP contribution in [0.2, 0.25) is 0 Å². The van der Waals surface area contributed by atoms with Gasteiger partial charge >= 0.3 is 0 Å². The van der Waals surface area contributed by atoms with Crippen LogP contribution in [0.4, 0.5) is 0 Å². The van der Waals surface area contributed by atoms with Crippen LogP contribution < -0.4 is 5.32 Å². The van der Waals surface area contributed by atoms with Crippen molar-refractivity contribution in [2.45, 2.75) is 26.3 Å². The van der Waals surface area contributed by atoms with Crippen molar-refractivity contribution in [2.24, 2.45) is 5.92 Å². The largest absolute Gasteiger partial charge is 0.308 e. The molecule has 0 bridgehead atoms. The maximum Gasteiger partial charge on any atom is 0.150 e. The lowest BCUT2D eigenvalue weighted by Gasteiger charge is -2.17. The zero-order valence-corrected chi connectivity index (χ0v) is 11.6. The summed E-state index contributed by atoms with van der Waals surface area (Å²) in [6, 6.07) is 0.0991. The van der Waals surface area contributed by atoms with Gasteiger partial charge in [-0.15, -0.1) is 0 Å². The Hall–Kier alpha value is -1.01. The molecular formula is C12H19N3O2S. The Morgan fingerprint density at radius 3 is 2.78 bits per heavy atom. The third-order valence-corrected chi connectivity index (χ3v) is 5.21. The Bertz CT molecular complexity index is 516. The topological polar surface area (TPSA) is 72.0 Å². The molecule has 1 saturated heterocycles. The minimum Gasteiger partial charge on any atom is -0.308 e. The Kier molecular flexibility index (Phi) is 3.97. The van der Waals surface area contributed by atoms with Crippen LogP contribution in [-0.2, 0) is 9.84 Å². The Balaban J connectivity index is 1.90. The molecule has 1 aromatic heterocycles. The summed E-state index contributed by atoms with van der Waals surface area (Å²) in [6.07, 6.45) is 4.12. The second kappa shape index (κ2) is 5.32. The highest BCUT2D eigenvalue weighted by Crippen LogP contribution is 2.19. The first-order valence-corrected chi connectivity index (χ1v) is 8.01. The van der Waals surface area contributed by atoms with E-state index in [1.165, 1.54) is 0 Å². The number of aromatic nitrogens is 2. The number of nitrogens with zero attached hydrogens (tertiary/aromatic N) is 2. The number of nitrogens with one attached hydrogen (secondary N) is 1. The molecule has 2 atom stereocenters. The molecule has 2 heterocycles. The molecule has 1 aromatic rings. The monoisotopic (exact) mass is 269 g/mol. The van der Waals surface area contributed by atoms with E-state index in [4.69, 9.17) is 0 Å². The van der Waals surface area contributed by atoms with Gasteiger partial charge in [0.25, 0.3) is 0 Å². The van der Waals surface area contributed by atoms with E-state index in [2.05, 4.69) is 15.3 Å². The van der Waals surface area contributed by atoms with E-state index in [1.54, 1.807) is 12.4 Å². The summed E-state index contributed by atoms with van der Waals surface area (Å²) in [5, 5.41) is 3.35. The second-order valence-corrected chi connectivity index (χ2v) is 7.15. The molecule has 0 spiro atoms. The van der Waals surface area contributed by atoms with Crippen LogP contribution in [0.15, 0.2) is 12.4 Å². The molecular weight excluding hydrogens is 250 g/mol. The molecule has 0 aliphatic carbocycles. The van der Waals surface area contributed by atoms with Gasteiger partial charge in [-0.1, -0.05) is 0 Å². The Labute approximate surface area is 108 Å². The number of sulfone groups is 1. The van der Waals surface area contributed by atoms with Crippen LogP contribution in [0, 0.1) is 12.8 Å². The van der Waals surface area contributed by atoms with Gasteiger partial charge in [0, 0.05) is 18.4 Å². The molecule has 6 heteroatoms.